The summed E-state index contributed by atoms with van der Waals surface area (Å²) in [5.41, 5.74) is 1.76. The van der Waals surface area contributed by atoms with Crippen LogP contribution in [0.15, 0.2) is 66.9 Å². The monoisotopic (exact) mass is 411 g/mol. The Bertz CT molecular complexity index is 964. The molecule has 0 bridgehead atoms. The Labute approximate surface area is 175 Å². The van der Waals surface area contributed by atoms with Gasteiger partial charge in [0.25, 0.3) is 0 Å². The van der Waals surface area contributed by atoms with Crippen molar-refractivity contribution in [2.45, 2.75) is 13.1 Å². The molecule has 0 spiro atoms. The lowest BCUT2D eigenvalue weighted by Crippen LogP contribution is -2.36. The fourth-order valence-electron chi connectivity index (χ4n) is 2.63. The highest BCUT2D eigenvalue weighted by atomic mass is 35.5. The van der Waals surface area contributed by atoms with Gasteiger partial charge >= 0.3 is 6.03 Å². The molecule has 3 rings (SSSR count). The second kappa shape index (κ2) is 9.80. The molecule has 0 fully saturated rings. The fraction of sp³-hybridized carbons (Fsp3) is 0.182. The molecule has 0 aliphatic carbocycles. The second-order valence-corrected chi connectivity index (χ2v) is 6.80. The van der Waals surface area contributed by atoms with E-state index in [9.17, 15) is 4.79 Å². The van der Waals surface area contributed by atoms with Crippen LogP contribution in [0.3, 0.4) is 0 Å². The number of nitrogens with one attached hydrogen (secondary N) is 1. The van der Waals surface area contributed by atoms with Crippen molar-refractivity contribution >= 4 is 17.6 Å². The number of rotatable bonds is 7. The molecule has 3 aromatic rings. The summed E-state index contributed by atoms with van der Waals surface area (Å²) in [6, 6.07) is 18.2. The van der Waals surface area contributed by atoms with E-state index in [0.717, 1.165) is 11.1 Å². The number of aromatic nitrogens is 1. The molecule has 150 valence electrons. The SMILES string of the molecule is COc1cccc(Oc2ccc(CNC(=O)N(C)Cc3ccccc3Cl)cn2)c1. The molecule has 0 unspecified atom stereocenters. The van der Waals surface area contributed by atoms with Gasteiger partial charge in [-0.15, -0.1) is 0 Å². The Kier molecular flexibility index (Phi) is 6.92. The molecule has 0 aliphatic heterocycles. The maximum Gasteiger partial charge on any atom is 0.317 e. The van der Waals surface area contributed by atoms with Gasteiger partial charge in [0.05, 0.1) is 7.11 Å². The average Bonchev–Trinajstić information content (AvgIpc) is 2.74. The molecule has 1 heterocycles. The molecule has 0 saturated heterocycles. The highest BCUT2D eigenvalue weighted by Gasteiger charge is 2.10. The molecular weight excluding hydrogens is 390 g/mol. The molecule has 1 N–H and O–H groups in total. The van der Waals surface area contributed by atoms with E-state index < -0.39 is 0 Å². The number of ether oxygens (including phenoxy) is 2. The summed E-state index contributed by atoms with van der Waals surface area (Å²) in [6.45, 7) is 0.787. The highest BCUT2D eigenvalue weighted by molar-refractivity contribution is 6.31. The van der Waals surface area contributed by atoms with Crippen LogP contribution in [-0.4, -0.2) is 30.1 Å². The lowest BCUT2D eigenvalue weighted by Gasteiger charge is -2.18. The predicted molar refractivity (Wildman–Crippen MR) is 112 cm³/mol. The van der Waals surface area contributed by atoms with E-state index in [1.807, 2.05) is 48.5 Å². The number of pyridine rings is 1. The maximum atomic E-state index is 12.3. The molecule has 0 aliphatic rings. The largest absolute Gasteiger partial charge is 0.497 e. The molecule has 7 heteroatoms. The first-order chi connectivity index (χ1) is 14.0. The third kappa shape index (κ3) is 5.86. The van der Waals surface area contributed by atoms with Crippen LogP contribution >= 0.6 is 11.6 Å². The van der Waals surface area contributed by atoms with Gasteiger partial charge in [0, 0.05) is 43.5 Å². The third-order valence-electron chi connectivity index (χ3n) is 4.22. The molecule has 6 nitrogen and oxygen atoms in total. The van der Waals surface area contributed by atoms with Crippen LogP contribution in [0.4, 0.5) is 4.79 Å². The van der Waals surface area contributed by atoms with Crippen molar-refractivity contribution in [2.24, 2.45) is 0 Å². The summed E-state index contributed by atoms with van der Waals surface area (Å²) in [5, 5.41) is 3.51. The first kappa shape index (κ1) is 20.5. The minimum atomic E-state index is -0.193. The number of amides is 2. The van der Waals surface area contributed by atoms with Gasteiger partial charge in [0.2, 0.25) is 5.88 Å². The minimum Gasteiger partial charge on any atom is -0.497 e. The van der Waals surface area contributed by atoms with Gasteiger partial charge in [0.1, 0.15) is 11.5 Å². The second-order valence-electron chi connectivity index (χ2n) is 6.39. The van der Waals surface area contributed by atoms with Crippen molar-refractivity contribution in [2.75, 3.05) is 14.2 Å². The number of nitrogens with zero attached hydrogens (tertiary/aromatic N) is 2. The fourth-order valence-corrected chi connectivity index (χ4v) is 2.82. The van der Waals surface area contributed by atoms with Crippen molar-refractivity contribution in [1.82, 2.24) is 15.2 Å². The summed E-state index contributed by atoms with van der Waals surface area (Å²) < 4.78 is 10.9. The number of methoxy groups -OCH3 is 1. The summed E-state index contributed by atoms with van der Waals surface area (Å²) in [6.07, 6.45) is 1.67. The Morgan fingerprint density at radius 2 is 1.90 bits per heavy atom. The Morgan fingerprint density at radius 1 is 1.10 bits per heavy atom. The van der Waals surface area contributed by atoms with Gasteiger partial charge in [-0.25, -0.2) is 9.78 Å². The molecule has 0 saturated carbocycles. The molecule has 0 atom stereocenters. The predicted octanol–water partition coefficient (Wildman–Crippen LogP) is 4.88. The molecule has 0 radical (unpaired) electrons. The van der Waals surface area contributed by atoms with Crippen molar-refractivity contribution in [3.63, 3.8) is 0 Å². The lowest BCUT2D eigenvalue weighted by molar-refractivity contribution is 0.206. The number of hydrogen-bond acceptors (Lipinski definition) is 4. The van der Waals surface area contributed by atoms with E-state index in [4.69, 9.17) is 21.1 Å². The van der Waals surface area contributed by atoms with Crippen LogP contribution in [0, 0.1) is 0 Å². The smallest absolute Gasteiger partial charge is 0.317 e. The van der Waals surface area contributed by atoms with Crippen LogP contribution < -0.4 is 14.8 Å². The molecule has 2 amide bonds. The Balaban J connectivity index is 1.51. The van der Waals surface area contributed by atoms with Crippen LogP contribution in [0.2, 0.25) is 5.02 Å². The van der Waals surface area contributed by atoms with E-state index in [2.05, 4.69) is 10.3 Å². The van der Waals surface area contributed by atoms with Crippen molar-refractivity contribution in [3.8, 4) is 17.4 Å². The van der Waals surface area contributed by atoms with E-state index in [-0.39, 0.29) is 6.03 Å². The molecular formula is C22H22ClN3O3. The first-order valence-corrected chi connectivity index (χ1v) is 9.42. The summed E-state index contributed by atoms with van der Waals surface area (Å²) in [5.74, 6) is 1.81. The summed E-state index contributed by atoms with van der Waals surface area (Å²) in [7, 11) is 3.33. The number of urea groups is 1. The average molecular weight is 412 g/mol. The topological polar surface area (TPSA) is 63.7 Å². The van der Waals surface area contributed by atoms with Crippen molar-refractivity contribution in [1.29, 1.82) is 0 Å². The number of halogens is 1. The standard InChI is InChI=1S/C22H22ClN3O3/c1-26(15-17-6-3-4-9-20(17)23)22(27)25-14-16-10-11-21(24-13-16)29-19-8-5-7-18(12-19)28-2/h3-13H,14-15H2,1-2H3,(H,25,27). The Morgan fingerprint density at radius 3 is 2.62 bits per heavy atom. The van der Waals surface area contributed by atoms with E-state index in [0.29, 0.717) is 35.5 Å². The van der Waals surface area contributed by atoms with E-state index in [1.165, 1.54) is 0 Å². The summed E-state index contributed by atoms with van der Waals surface area (Å²) >= 11 is 6.15. The minimum absolute atomic E-state index is 0.193. The number of benzene rings is 2. The van der Waals surface area contributed by atoms with Gasteiger partial charge in [0.15, 0.2) is 0 Å². The maximum absolute atomic E-state index is 12.3. The van der Waals surface area contributed by atoms with Crippen molar-refractivity contribution < 1.29 is 14.3 Å². The van der Waals surface area contributed by atoms with Crippen LogP contribution in [0.25, 0.3) is 0 Å². The normalized spacial score (nSPS) is 10.3. The van der Waals surface area contributed by atoms with Crippen LogP contribution in [-0.2, 0) is 13.1 Å². The van der Waals surface area contributed by atoms with E-state index in [1.54, 1.807) is 37.4 Å². The van der Waals surface area contributed by atoms with Gasteiger partial charge < -0.3 is 19.7 Å². The van der Waals surface area contributed by atoms with E-state index >= 15 is 0 Å². The quantitative estimate of drug-likeness (QED) is 0.602. The zero-order valence-corrected chi connectivity index (χ0v) is 17.0. The van der Waals surface area contributed by atoms with Gasteiger partial charge in [-0.3, -0.25) is 0 Å². The lowest BCUT2D eigenvalue weighted by atomic mass is 10.2. The zero-order chi connectivity index (χ0) is 20.6. The van der Waals surface area contributed by atoms with Gasteiger partial charge in [-0.05, 0) is 29.3 Å². The van der Waals surface area contributed by atoms with Crippen LogP contribution in [0.1, 0.15) is 11.1 Å². The van der Waals surface area contributed by atoms with Gasteiger partial charge in [-0.1, -0.05) is 41.9 Å². The van der Waals surface area contributed by atoms with Crippen LogP contribution in [0.5, 0.6) is 17.4 Å². The molecule has 29 heavy (non-hydrogen) atoms. The number of carbonyl (C=O) groups excluding carboxylic acids is 1. The Hall–Kier alpha value is -3.25. The number of hydrogen-bond donors (Lipinski definition) is 1. The summed E-state index contributed by atoms with van der Waals surface area (Å²) in [4.78, 5) is 18.2. The first-order valence-electron chi connectivity index (χ1n) is 9.04. The third-order valence-corrected chi connectivity index (χ3v) is 4.59. The molecule has 2 aromatic carbocycles. The molecule has 1 aromatic heterocycles. The van der Waals surface area contributed by atoms with Crippen molar-refractivity contribution in [3.05, 3.63) is 83.0 Å². The highest BCUT2D eigenvalue weighted by Crippen LogP contribution is 2.23. The number of carbonyl (C=O) groups is 1. The zero-order valence-electron chi connectivity index (χ0n) is 16.3. The van der Waals surface area contributed by atoms with Gasteiger partial charge in [-0.2, -0.15) is 0 Å².